The minimum absolute atomic E-state index is 0.0923. The van der Waals surface area contributed by atoms with Gasteiger partial charge in [-0.2, -0.15) is 4.31 Å². The number of nitrogens with one attached hydrogen (secondary N) is 2. The summed E-state index contributed by atoms with van der Waals surface area (Å²) in [5.41, 5.74) is 0. The van der Waals surface area contributed by atoms with Gasteiger partial charge in [0, 0.05) is 11.2 Å². The first-order chi connectivity index (χ1) is 18.0. The van der Waals surface area contributed by atoms with Crippen LogP contribution >= 0.6 is 11.3 Å². The maximum Gasteiger partial charge on any atom is 0.262 e. The van der Waals surface area contributed by atoms with Gasteiger partial charge in [0.15, 0.2) is 5.78 Å². The predicted molar refractivity (Wildman–Crippen MR) is 144 cm³/mol. The minimum atomic E-state index is -4.00. The van der Waals surface area contributed by atoms with Crippen LogP contribution in [0.3, 0.4) is 0 Å². The molecule has 1 fully saturated rings. The van der Waals surface area contributed by atoms with E-state index < -0.39 is 46.2 Å². The Bertz CT molecular complexity index is 1400. The van der Waals surface area contributed by atoms with Crippen molar-refractivity contribution in [1.82, 2.24) is 14.9 Å². The van der Waals surface area contributed by atoms with Gasteiger partial charge in [0.25, 0.3) is 5.91 Å². The van der Waals surface area contributed by atoms with Crippen LogP contribution in [0.25, 0.3) is 10.1 Å². The van der Waals surface area contributed by atoms with Crippen LogP contribution in [0.4, 0.5) is 4.39 Å². The Morgan fingerprint density at radius 2 is 1.84 bits per heavy atom. The fourth-order valence-electron chi connectivity index (χ4n) is 4.41. The molecule has 2 amide bonds. The molecule has 8 nitrogen and oxygen atoms in total. The third-order valence-electron chi connectivity index (χ3n) is 6.37. The summed E-state index contributed by atoms with van der Waals surface area (Å²) in [4.78, 5) is 39.6. The normalized spacial score (nSPS) is 17.8. The summed E-state index contributed by atoms with van der Waals surface area (Å²) in [6.07, 6.45) is 0.979. The number of hydrogen-bond donors (Lipinski definition) is 2. The molecule has 11 heteroatoms. The molecule has 0 bridgehead atoms. The highest BCUT2D eigenvalue weighted by molar-refractivity contribution is 7.89. The average molecular weight is 560 g/mol. The van der Waals surface area contributed by atoms with Crippen LogP contribution in [-0.4, -0.2) is 55.5 Å². The molecule has 1 saturated heterocycles. The fraction of sp³-hybridized carbons (Fsp3) is 0.370. The second-order valence-corrected chi connectivity index (χ2v) is 12.8. The Kier molecular flexibility index (Phi) is 8.59. The maximum atomic E-state index is 13.3. The molecule has 202 valence electrons. The molecular weight excluding hydrogens is 529 g/mol. The van der Waals surface area contributed by atoms with Crippen molar-refractivity contribution < 1.29 is 27.2 Å². The second kappa shape index (κ2) is 11.7. The number of rotatable bonds is 8. The molecule has 0 saturated carbocycles. The van der Waals surface area contributed by atoms with E-state index in [1.165, 1.54) is 11.3 Å². The number of carbonyl (C=O) groups excluding carboxylic acids is 3. The van der Waals surface area contributed by atoms with E-state index in [4.69, 9.17) is 0 Å². The van der Waals surface area contributed by atoms with Crippen molar-refractivity contribution in [3.63, 3.8) is 0 Å². The van der Waals surface area contributed by atoms with E-state index >= 15 is 0 Å². The SMILES string of the molecule is CC(C)CC(NC(=O)c1cc2ccccc2s1)C(=O)N[C@H]1CCCN(S(=O)(=O)c2ccc(F)cc2)CC1=O. The standard InChI is InChI=1S/C27H30FN3O5S2/c1-17(2)14-22(30-27(34)25-15-18-6-3-4-8-24(18)37-25)26(33)29-21-7-5-13-31(16-23(21)32)38(35,36)20-11-9-19(28)10-12-20/h3-4,6,8-12,15,17,21-22H,5,7,13-14,16H2,1-2H3,(H,29,33)(H,30,34)/t21-,22?/m0/s1. The Morgan fingerprint density at radius 3 is 2.53 bits per heavy atom. The van der Waals surface area contributed by atoms with Gasteiger partial charge in [0.05, 0.1) is 22.4 Å². The van der Waals surface area contributed by atoms with Gasteiger partial charge in [-0.1, -0.05) is 32.0 Å². The van der Waals surface area contributed by atoms with Crippen LogP contribution in [-0.2, 0) is 19.6 Å². The van der Waals surface area contributed by atoms with Gasteiger partial charge >= 0.3 is 0 Å². The summed E-state index contributed by atoms with van der Waals surface area (Å²) >= 11 is 1.34. The number of thiophene rings is 1. The molecule has 0 radical (unpaired) electrons. The lowest BCUT2D eigenvalue weighted by Gasteiger charge is -2.23. The highest BCUT2D eigenvalue weighted by atomic mass is 32.2. The lowest BCUT2D eigenvalue weighted by molar-refractivity contribution is -0.129. The largest absolute Gasteiger partial charge is 0.344 e. The summed E-state index contributed by atoms with van der Waals surface area (Å²) in [6.45, 7) is 3.55. The van der Waals surface area contributed by atoms with Gasteiger partial charge in [-0.05, 0) is 67.0 Å². The number of halogens is 1. The average Bonchev–Trinajstić information content (AvgIpc) is 3.22. The van der Waals surface area contributed by atoms with Gasteiger partial charge in [-0.3, -0.25) is 14.4 Å². The van der Waals surface area contributed by atoms with Gasteiger partial charge < -0.3 is 10.6 Å². The summed E-state index contributed by atoms with van der Waals surface area (Å²) in [6, 6.07) is 12.1. The molecule has 0 aliphatic carbocycles. The smallest absolute Gasteiger partial charge is 0.262 e. The minimum Gasteiger partial charge on any atom is -0.344 e. The number of Topliss-reactive ketones (excluding diaryl/α,β-unsaturated/α-hetero) is 1. The van der Waals surface area contributed by atoms with Crippen LogP contribution in [0, 0.1) is 11.7 Å². The first kappa shape index (κ1) is 27.9. The van der Waals surface area contributed by atoms with Crippen LogP contribution in [0.2, 0.25) is 0 Å². The number of carbonyl (C=O) groups is 3. The number of amides is 2. The Hall–Kier alpha value is -3.15. The number of ketones is 1. The van der Waals surface area contributed by atoms with Gasteiger partial charge in [0.1, 0.15) is 11.9 Å². The topological polar surface area (TPSA) is 113 Å². The first-order valence-electron chi connectivity index (χ1n) is 12.4. The van der Waals surface area contributed by atoms with Crippen molar-refractivity contribution >= 4 is 49.0 Å². The molecule has 4 rings (SSSR count). The molecule has 1 aliphatic heterocycles. The molecule has 1 aliphatic rings. The molecule has 2 aromatic carbocycles. The predicted octanol–water partition coefficient (Wildman–Crippen LogP) is 3.72. The highest BCUT2D eigenvalue weighted by Gasteiger charge is 2.34. The van der Waals surface area contributed by atoms with E-state index in [2.05, 4.69) is 10.6 Å². The zero-order valence-electron chi connectivity index (χ0n) is 21.1. The van der Waals surface area contributed by atoms with Gasteiger partial charge in [-0.15, -0.1) is 11.3 Å². The molecule has 1 unspecified atom stereocenters. The van der Waals surface area contributed by atoms with E-state index in [-0.39, 0.29) is 29.7 Å². The van der Waals surface area contributed by atoms with E-state index in [9.17, 15) is 27.2 Å². The summed E-state index contributed by atoms with van der Waals surface area (Å²) in [7, 11) is -4.00. The van der Waals surface area contributed by atoms with Crippen LogP contribution in [0.5, 0.6) is 0 Å². The zero-order chi connectivity index (χ0) is 27.4. The summed E-state index contributed by atoms with van der Waals surface area (Å²) < 4.78 is 41.3. The number of nitrogens with zero attached hydrogens (tertiary/aromatic N) is 1. The monoisotopic (exact) mass is 559 g/mol. The van der Waals surface area contributed by atoms with Crippen LogP contribution in [0.15, 0.2) is 59.5 Å². The molecule has 2 heterocycles. The summed E-state index contributed by atoms with van der Waals surface area (Å²) in [5.74, 6) is -1.76. The van der Waals surface area contributed by atoms with Crippen molar-refractivity contribution in [1.29, 1.82) is 0 Å². The zero-order valence-corrected chi connectivity index (χ0v) is 22.8. The molecule has 2 atom stereocenters. The molecule has 1 aromatic heterocycles. The van der Waals surface area contributed by atoms with Crippen molar-refractivity contribution in [3.05, 3.63) is 65.3 Å². The number of sulfonamides is 1. The lowest BCUT2D eigenvalue weighted by Crippen LogP contribution is -2.52. The Labute approximate surface area is 225 Å². The van der Waals surface area contributed by atoms with E-state index in [1.54, 1.807) is 6.07 Å². The Morgan fingerprint density at radius 1 is 1.13 bits per heavy atom. The number of hydrogen-bond acceptors (Lipinski definition) is 6. The molecule has 0 spiro atoms. The molecule has 3 aromatic rings. The van der Waals surface area contributed by atoms with Crippen molar-refractivity contribution in [3.8, 4) is 0 Å². The Balaban J connectivity index is 1.44. The first-order valence-corrected chi connectivity index (χ1v) is 14.7. The van der Waals surface area contributed by atoms with Gasteiger partial charge in [0.2, 0.25) is 15.9 Å². The second-order valence-electron chi connectivity index (χ2n) is 9.77. The number of fused-ring (bicyclic) bond motifs is 1. The quantitative estimate of drug-likeness (QED) is 0.437. The maximum absolute atomic E-state index is 13.3. The molecular formula is C27H30FN3O5S2. The lowest BCUT2D eigenvalue weighted by atomic mass is 10.0. The third-order valence-corrected chi connectivity index (χ3v) is 9.34. The molecule has 2 N–H and O–H groups in total. The van der Waals surface area contributed by atoms with Crippen LogP contribution < -0.4 is 10.6 Å². The highest BCUT2D eigenvalue weighted by Crippen LogP contribution is 2.25. The van der Waals surface area contributed by atoms with Crippen molar-refractivity contribution in [2.45, 2.75) is 50.1 Å². The van der Waals surface area contributed by atoms with E-state index in [1.807, 2.05) is 38.1 Å². The number of benzene rings is 2. The van der Waals surface area contributed by atoms with E-state index in [0.29, 0.717) is 17.7 Å². The van der Waals surface area contributed by atoms with Crippen LogP contribution in [0.1, 0.15) is 42.8 Å². The molecule has 38 heavy (non-hydrogen) atoms. The van der Waals surface area contributed by atoms with Crippen molar-refractivity contribution in [2.75, 3.05) is 13.1 Å². The fourth-order valence-corrected chi connectivity index (χ4v) is 6.82. The third kappa shape index (κ3) is 6.46. The summed E-state index contributed by atoms with van der Waals surface area (Å²) in [5, 5.41) is 6.50. The van der Waals surface area contributed by atoms with E-state index in [0.717, 1.165) is 38.7 Å². The van der Waals surface area contributed by atoms with Gasteiger partial charge in [-0.25, -0.2) is 12.8 Å². The van der Waals surface area contributed by atoms with Crippen molar-refractivity contribution in [2.24, 2.45) is 5.92 Å².